The van der Waals surface area contributed by atoms with Crippen molar-refractivity contribution in [1.82, 2.24) is 4.90 Å². The van der Waals surface area contributed by atoms with E-state index in [9.17, 15) is 0 Å². The third-order valence-electron chi connectivity index (χ3n) is 2.71. The van der Waals surface area contributed by atoms with Crippen LogP contribution in [0.15, 0.2) is 35.3 Å². The number of halogens is 4. The smallest absolute Gasteiger partial charge is 0.226 e. The lowest BCUT2D eigenvalue weighted by molar-refractivity contribution is 0.428. The maximum Gasteiger partial charge on any atom is 0.226 e. The molecule has 7 heteroatoms. The summed E-state index contributed by atoms with van der Waals surface area (Å²) >= 11 is 23.3. The fraction of sp³-hybridized carbons (Fsp3) is 0.417. The van der Waals surface area contributed by atoms with E-state index in [0.717, 1.165) is 18.2 Å². The Hall–Kier alpha value is -0.190. The molecule has 1 aliphatic heterocycles. The number of alkyl halides is 4. The molecule has 0 radical (unpaired) electrons. The van der Waals surface area contributed by atoms with Crippen molar-refractivity contribution < 1.29 is 0 Å². The highest BCUT2D eigenvalue weighted by atomic mass is 35.6. The first kappa shape index (κ1) is 15.2. The predicted molar refractivity (Wildman–Crippen MR) is 83.8 cm³/mol. The van der Waals surface area contributed by atoms with Crippen LogP contribution in [-0.4, -0.2) is 40.3 Å². The maximum absolute atomic E-state index is 6.01. The van der Waals surface area contributed by atoms with Gasteiger partial charge in [0, 0.05) is 5.69 Å². The Morgan fingerprint density at radius 2 is 1.84 bits per heavy atom. The van der Waals surface area contributed by atoms with Crippen LogP contribution < -0.4 is 4.90 Å². The summed E-state index contributed by atoms with van der Waals surface area (Å²) in [5.41, 5.74) is 0.129. The van der Waals surface area contributed by atoms with Crippen molar-refractivity contribution in [2.24, 2.45) is 4.99 Å². The van der Waals surface area contributed by atoms with Gasteiger partial charge in [-0.15, -0.1) is 0 Å². The van der Waals surface area contributed by atoms with E-state index in [1.165, 1.54) is 0 Å². The van der Waals surface area contributed by atoms with Crippen LogP contribution in [0.5, 0.6) is 0 Å². The summed E-state index contributed by atoms with van der Waals surface area (Å²) in [4.78, 5) is 8.48. The summed E-state index contributed by atoms with van der Waals surface area (Å²) in [7, 11) is 2.00. The van der Waals surface area contributed by atoms with E-state index in [-0.39, 0.29) is 0 Å². The van der Waals surface area contributed by atoms with Crippen molar-refractivity contribution in [2.45, 2.75) is 9.29 Å². The molecule has 19 heavy (non-hydrogen) atoms. The number of hydrogen-bond acceptors (Lipinski definition) is 2. The Morgan fingerprint density at radius 1 is 1.21 bits per heavy atom. The first-order valence-corrected chi connectivity index (χ1v) is 7.23. The van der Waals surface area contributed by atoms with Gasteiger partial charge in [-0.2, -0.15) is 0 Å². The average molecular weight is 341 g/mol. The van der Waals surface area contributed by atoms with Gasteiger partial charge in [-0.1, -0.05) is 64.6 Å². The minimum atomic E-state index is -1.61. The Bertz CT molecular complexity index is 458. The second-order valence-corrected chi connectivity index (χ2v) is 7.12. The number of nitrogens with zero attached hydrogens (tertiary/aromatic N) is 3. The van der Waals surface area contributed by atoms with Crippen LogP contribution in [-0.2, 0) is 0 Å². The minimum absolute atomic E-state index is 0.666. The molecule has 0 bridgehead atoms. The topological polar surface area (TPSA) is 18.8 Å². The normalized spacial score (nSPS) is 21.1. The SMILES string of the molecule is CN1C/C(=N/C(Cl)C(Cl)(Cl)Cl)N(c2ccccc2)C1. The number of anilines is 1. The Labute approximate surface area is 132 Å². The highest BCUT2D eigenvalue weighted by molar-refractivity contribution is 6.70. The maximum atomic E-state index is 6.01. The van der Waals surface area contributed by atoms with Crippen molar-refractivity contribution in [3.63, 3.8) is 0 Å². The summed E-state index contributed by atoms with van der Waals surface area (Å²) in [6.07, 6.45) is 0. The summed E-state index contributed by atoms with van der Waals surface area (Å²) in [6.45, 7) is 1.39. The zero-order chi connectivity index (χ0) is 14.0. The van der Waals surface area contributed by atoms with Gasteiger partial charge in [0.1, 0.15) is 5.84 Å². The molecule has 0 aliphatic carbocycles. The van der Waals surface area contributed by atoms with E-state index in [0.29, 0.717) is 6.54 Å². The quantitative estimate of drug-likeness (QED) is 0.603. The van der Waals surface area contributed by atoms with E-state index >= 15 is 0 Å². The summed E-state index contributed by atoms with van der Waals surface area (Å²) < 4.78 is -1.61. The van der Waals surface area contributed by atoms with Gasteiger partial charge in [0.25, 0.3) is 0 Å². The molecule has 0 spiro atoms. The first-order chi connectivity index (χ1) is 8.88. The van der Waals surface area contributed by atoms with Crippen LogP contribution in [0.3, 0.4) is 0 Å². The molecule has 1 fully saturated rings. The standard InChI is InChI=1S/C12H13Cl4N3/c1-18-7-10(17-11(13)12(14,15)16)19(8-18)9-5-3-2-4-6-9/h2-6,11H,7-8H2,1H3/b17-10-. The molecule has 0 amide bonds. The summed E-state index contributed by atoms with van der Waals surface area (Å²) in [5, 5.41) is 0. The van der Waals surface area contributed by atoms with Gasteiger partial charge < -0.3 is 4.90 Å². The van der Waals surface area contributed by atoms with Crippen LogP contribution in [0.2, 0.25) is 0 Å². The monoisotopic (exact) mass is 339 g/mol. The van der Waals surface area contributed by atoms with E-state index in [2.05, 4.69) is 9.89 Å². The third-order valence-corrected chi connectivity index (χ3v) is 4.09. The van der Waals surface area contributed by atoms with E-state index in [1.54, 1.807) is 0 Å². The zero-order valence-electron chi connectivity index (χ0n) is 10.2. The number of likely N-dealkylation sites (N-methyl/N-ethyl adjacent to an activating group) is 1. The number of para-hydroxylation sites is 1. The lowest BCUT2D eigenvalue weighted by Crippen LogP contribution is -2.29. The molecule has 2 rings (SSSR count). The second-order valence-electron chi connectivity index (χ2n) is 4.34. The van der Waals surface area contributed by atoms with Crippen molar-refractivity contribution >= 4 is 57.9 Å². The van der Waals surface area contributed by atoms with Crippen molar-refractivity contribution in [1.29, 1.82) is 0 Å². The molecule has 0 saturated carbocycles. The third kappa shape index (κ3) is 3.89. The van der Waals surface area contributed by atoms with Gasteiger partial charge in [0.2, 0.25) is 3.79 Å². The van der Waals surface area contributed by atoms with Crippen molar-refractivity contribution in [3.8, 4) is 0 Å². The Kier molecular flexibility index (Phi) is 4.85. The number of amidine groups is 1. The van der Waals surface area contributed by atoms with E-state index in [1.807, 2.05) is 42.3 Å². The lowest BCUT2D eigenvalue weighted by atomic mass is 10.3. The molecule has 3 nitrogen and oxygen atoms in total. The highest BCUT2D eigenvalue weighted by Gasteiger charge is 2.33. The van der Waals surface area contributed by atoms with E-state index < -0.39 is 9.29 Å². The molecular weight excluding hydrogens is 328 g/mol. The van der Waals surface area contributed by atoms with E-state index in [4.69, 9.17) is 46.4 Å². The molecule has 1 aliphatic rings. The van der Waals surface area contributed by atoms with Crippen LogP contribution in [0.1, 0.15) is 0 Å². The van der Waals surface area contributed by atoms with Gasteiger partial charge in [0.15, 0.2) is 5.50 Å². The van der Waals surface area contributed by atoms with Gasteiger partial charge in [-0.05, 0) is 19.2 Å². The molecule has 1 atom stereocenters. The van der Waals surface area contributed by atoms with Crippen LogP contribution in [0.25, 0.3) is 0 Å². The highest BCUT2D eigenvalue weighted by Crippen LogP contribution is 2.35. The fourth-order valence-electron chi connectivity index (χ4n) is 1.85. The molecule has 1 aromatic rings. The largest absolute Gasteiger partial charge is 0.316 e. The summed E-state index contributed by atoms with van der Waals surface area (Å²) in [6, 6.07) is 9.92. The molecular formula is C12H13Cl4N3. The van der Waals surface area contributed by atoms with Crippen molar-refractivity contribution in [2.75, 3.05) is 25.2 Å². The van der Waals surface area contributed by atoms with Crippen LogP contribution >= 0.6 is 46.4 Å². The number of benzene rings is 1. The average Bonchev–Trinajstić information content (AvgIpc) is 2.70. The Morgan fingerprint density at radius 3 is 2.42 bits per heavy atom. The molecule has 1 unspecified atom stereocenters. The van der Waals surface area contributed by atoms with Gasteiger partial charge in [-0.3, -0.25) is 4.90 Å². The molecule has 1 aromatic carbocycles. The number of aliphatic imine (C=N–C) groups is 1. The van der Waals surface area contributed by atoms with Crippen LogP contribution in [0, 0.1) is 0 Å². The molecule has 1 saturated heterocycles. The lowest BCUT2D eigenvalue weighted by Gasteiger charge is -2.21. The Balaban J connectivity index is 2.26. The molecule has 0 N–H and O–H groups in total. The molecule has 1 heterocycles. The van der Waals surface area contributed by atoms with Gasteiger partial charge in [-0.25, -0.2) is 4.99 Å². The number of rotatable bonds is 2. The first-order valence-electron chi connectivity index (χ1n) is 5.66. The van der Waals surface area contributed by atoms with Crippen molar-refractivity contribution in [3.05, 3.63) is 30.3 Å². The van der Waals surface area contributed by atoms with Crippen LogP contribution in [0.4, 0.5) is 5.69 Å². The predicted octanol–water partition coefficient (Wildman–Crippen LogP) is 3.73. The molecule has 0 aromatic heterocycles. The minimum Gasteiger partial charge on any atom is -0.316 e. The zero-order valence-corrected chi connectivity index (χ0v) is 13.3. The summed E-state index contributed by atoms with van der Waals surface area (Å²) in [5.74, 6) is 0.792. The second kappa shape index (κ2) is 6.06. The molecule has 104 valence electrons. The fourth-order valence-corrected chi connectivity index (χ4v) is 2.11. The van der Waals surface area contributed by atoms with Gasteiger partial charge in [0.05, 0.1) is 13.2 Å². The number of hydrogen-bond donors (Lipinski definition) is 0. The van der Waals surface area contributed by atoms with Gasteiger partial charge >= 0.3 is 0 Å².